The van der Waals surface area contributed by atoms with Crippen LogP contribution in [-0.2, 0) is 26.2 Å². The lowest BCUT2D eigenvalue weighted by atomic mass is 10.1. The number of amides is 2. The number of aryl methyl sites for hydroxylation is 2. The minimum atomic E-state index is -3.76. The predicted octanol–water partition coefficient (Wildman–Crippen LogP) is 3.66. The average Bonchev–Trinajstić information content (AvgIpc) is 2.70. The van der Waals surface area contributed by atoms with E-state index in [1.165, 1.54) is 4.90 Å². The molecule has 0 fully saturated rings. The van der Waals surface area contributed by atoms with Gasteiger partial charge in [0.15, 0.2) is 0 Å². The highest BCUT2D eigenvalue weighted by Gasteiger charge is 2.30. The van der Waals surface area contributed by atoms with Gasteiger partial charge in [-0.2, -0.15) is 0 Å². The van der Waals surface area contributed by atoms with Crippen LogP contribution >= 0.6 is 11.6 Å². The molecule has 2 rings (SSSR count). The standard InChI is InChI=1S/C24H32ClN3O4S/c1-16(2)26-24(30)19(5)27(14-20-8-7-9-21(25)13-20)23(29)15-28(33(6,31)32)22-11-10-17(3)18(4)12-22/h7-13,16,19H,14-15H2,1-6H3,(H,26,30)/t19-/m0/s1. The molecule has 0 saturated heterocycles. The van der Waals surface area contributed by atoms with Crippen LogP contribution in [0.4, 0.5) is 5.69 Å². The monoisotopic (exact) mass is 493 g/mol. The van der Waals surface area contributed by atoms with E-state index in [0.717, 1.165) is 27.3 Å². The number of nitrogens with one attached hydrogen (secondary N) is 1. The lowest BCUT2D eigenvalue weighted by Crippen LogP contribution is -2.52. The van der Waals surface area contributed by atoms with Gasteiger partial charge in [0.25, 0.3) is 0 Å². The van der Waals surface area contributed by atoms with Crippen LogP contribution in [0, 0.1) is 13.8 Å². The Morgan fingerprint density at radius 2 is 1.70 bits per heavy atom. The number of hydrogen-bond acceptors (Lipinski definition) is 4. The summed E-state index contributed by atoms with van der Waals surface area (Å²) >= 11 is 6.10. The van der Waals surface area contributed by atoms with Crippen molar-refractivity contribution in [3.63, 3.8) is 0 Å². The maximum atomic E-state index is 13.5. The summed E-state index contributed by atoms with van der Waals surface area (Å²) in [6.45, 7) is 8.78. The van der Waals surface area contributed by atoms with E-state index in [-0.39, 0.29) is 18.5 Å². The molecule has 2 aromatic carbocycles. The SMILES string of the molecule is Cc1ccc(N(CC(=O)N(Cc2cccc(Cl)c2)[C@@H](C)C(=O)NC(C)C)S(C)(=O)=O)cc1C. The highest BCUT2D eigenvalue weighted by Crippen LogP contribution is 2.22. The number of benzene rings is 2. The zero-order chi connectivity index (χ0) is 24.9. The maximum absolute atomic E-state index is 13.5. The Kier molecular flexibility index (Phi) is 8.91. The number of halogens is 1. The van der Waals surface area contributed by atoms with Crippen molar-refractivity contribution in [1.82, 2.24) is 10.2 Å². The fraction of sp³-hybridized carbons (Fsp3) is 0.417. The molecule has 2 aromatic rings. The Bertz CT molecular complexity index is 1120. The van der Waals surface area contributed by atoms with Gasteiger partial charge >= 0.3 is 0 Å². The van der Waals surface area contributed by atoms with Crippen molar-refractivity contribution in [3.05, 3.63) is 64.2 Å². The first-order valence-electron chi connectivity index (χ1n) is 10.7. The molecule has 0 aromatic heterocycles. The second-order valence-corrected chi connectivity index (χ2v) is 10.9. The molecule has 0 aliphatic heterocycles. The Morgan fingerprint density at radius 1 is 1.03 bits per heavy atom. The summed E-state index contributed by atoms with van der Waals surface area (Å²) in [5.74, 6) is -0.817. The molecular weight excluding hydrogens is 462 g/mol. The Hall–Kier alpha value is -2.58. The molecule has 180 valence electrons. The molecule has 0 aliphatic carbocycles. The van der Waals surface area contributed by atoms with Crippen LogP contribution in [0.5, 0.6) is 0 Å². The third-order valence-corrected chi connectivity index (χ3v) is 6.67. The van der Waals surface area contributed by atoms with Gasteiger partial charge in [-0.25, -0.2) is 8.42 Å². The second kappa shape index (κ2) is 11.0. The summed E-state index contributed by atoms with van der Waals surface area (Å²) in [5, 5.41) is 3.32. The van der Waals surface area contributed by atoms with E-state index < -0.39 is 28.5 Å². The van der Waals surface area contributed by atoms with Crippen LogP contribution in [0.2, 0.25) is 5.02 Å². The second-order valence-electron chi connectivity index (χ2n) is 8.53. The van der Waals surface area contributed by atoms with E-state index in [4.69, 9.17) is 11.6 Å². The van der Waals surface area contributed by atoms with Gasteiger partial charge in [-0.1, -0.05) is 29.8 Å². The zero-order valence-corrected chi connectivity index (χ0v) is 21.5. The first-order valence-corrected chi connectivity index (χ1v) is 12.9. The molecule has 1 N–H and O–H groups in total. The minimum Gasteiger partial charge on any atom is -0.352 e. The number of rotatable bonds is 9. The fourth-order valence-corrected chi connectivity index (χ4v) is 4.37. The molecule has 0 aliphatic rings. The highest BCUT2D eigenvalue weighted by atomic mass is 35.5. The topological polar surface area (TPSA) is 86.8 Å². The van der Waals surface area contributed by atoms with Gasteiger partial charge in [-0.05, 0) is 75.6 Å². The van der Waals surface area contributed by atoms with Crippen molar-refractivity contribution in [2.24, 2.45) is 0 Å². The van der Waals surface area contributed by atoms with Crippen LogP contribution in [0.1, 0.15) is 37.5 Å². The number of carbonyl (C=O) groups excluding carboxylic acids is 2. The van der Waals surface area contributed by atoms with Crippen molar-refractivity contribution in [2.45, 2.75) is 53.2 Å². The van der Waals surface area contributed by atoms with Crippen molar-refractivity contribution >= 4 is 39.1 Å². The minimum absolute atomic E-state index is 0.105. The van der Waals surface area contributed by atoms with Crippen molar-refractivity contribution in [3.8, 4) is 0 Å². The van der Waals surface area contributed by atoms with Crippen molar-refractivity contribution in [1.29, 1.82) is 0 Å². The third-order valence-electron chi connectivity index (χ3n) is 5.30. The molecule has 33 heavy (non-hydrogen) atoms. The number of anilines is 1. The largest absolute Gasteiger partial charge is 0.352 e. The predicted molar refractivity (Wildman–Crippen MR) is 133 cm³/mol. The third kappa shape index (κ3) is 7.47. The van der Waals surface area contributed by atoms with E-state index in [0.29, 0.717) is 10.7 Å². The maximum Gasteiger partial charge on any atom is 0.244 e. The number of hydrogen-bond donors (Lipinski definition) is 1. The summed E-state index contributed by atoms with van der Waals surface area (Å²) in [6.07, 6.45) is 1.06. The molecule has 0 heterocycles. The molecule has 0 radical (unpaired) electrons. The highest BCUT2D eigenvalue weighted by molar-refractivity contribution is 7.92. The Balaban J connectivity index is 2.41. The molecule has 0 saturated carbocycles. The van der Waals surface area contributed by atoms with E-state index in [9.17, 15) is 18.0 Å². The molecule has 7 nitrogen and oxygen atoms in total. The van der Waals surface area contributed by atoms with Gasteiger partial charge in [0.1, 0.15) is 12.6 Å². The first kappa shape index (κ1) is 26.7. The van der Waals surface area contributed by atoms with E-state index in [1.807, 2.05) is 33.8 Å². The van der Waals surface area contributed by atoms with Crippen LogP contribution in [0.25, 0.3) is 0 Å². The normalized spacial score (nSPS) is 12.4. The van der Waals surface area contributed by atoms with Crippen LogP contribution in [-0.4, -0.2) is 50.0 Å². The molecule has 1 atom stereocenters. The van der Waals surface area contributed by atoms with Gasteiger partial charge < -0.3 is 10.2 Å². The van der Waals surface area contributed by atoms with Gasteiger partial charge in [0.05, 0.1) is 11.9 Å². The summed E-state index contributed by atoms with van der Waals surface area (Å²) in [5.41, 5.74) is 3.06. The van der Waals surface area contributed by atoms with Gasteiger partial charge in [-0.3, -0.25) is 13.9 Å². The van der Waals surface area contributed by atoms with Gasteiger partial charge in [0.2, 0.25) is 21.8 Å². The molecule has 2 amide bonds. The molecule has 0 spiro atoms. The Labute approximate surface area is 201 Å². The smallest absolute Gasteiger partial charge is 0.244 e. The summed E-state index contributed by atoms with van der Waals surface area (Å²) < 4.78 is 26.3. The molecule has 9 heteroatoms. The van der Waals surface area contributed by atoms with Gasteiger partial charge in [0, 0.05) is 17.6 Å². The molecule has 0 bridgehead atoms. The van der Waals surface area contributed by atoms with Crippen molar-refractivity contribution < 1.29 is 18.0 Å². The van der Waals surface area contributed by atoms with Crippen LogP contribution < -0.4 is 9.62 Å². The number of sulfonamides is 1. The average molecular weight is 494 g/mol. The summed E-state index contributed by atoms with van der Waals surface area (Å²) in [4.78, 5) is 27.6. The van der Waals surface area contributed by atoms with E-state index in [1.54, 1.807) is 43.3 Å². The summed E-state index contributed by atoms with van der Waals surface area (Å²) in [7, 11) is -3.76. The van der Waals surface area contributed by atoms with E-state index >= 15 is 0 Å². The zero-order valence-electron chi connectivity index (χ0n) is 19.9. The van der Waals surface area contributed by atoms with Gasteiger partial charge in [-0.15, -0.1) is 0 Å². The van der Waals surface area contributed by atoms with Crippen LogP contribution in [0.3, 0.4) is 0 Å². The lowest BCUT2D eigenvalue weighted by Gasteiger charge is -2.32. The van der Waals surface area contributed by atoms with Crippen LogP contribution in [0.15, 0.2) is 42.5 Å². The fourth-order valence-electron chi connectivity index (χ4n) is 3.31. The summed E-state index contributed by atoms with van der Waals surface area (Å²) in [6, 6.07) is 11.3. The number of nitrogens with zero attached hydrogens (tertiary/aromatic N) is 2. The Morgan fingerprint density at radius 3 is 2.24 bits per heavy atom. The van der Waals surface area contributed by atoms with E-state index in [2.05, 4.69) is 5.32 Å². The number of carbonyl (C=O) groups is 2. The quantitative estimate of drug-likeness (QED) is 0.577. The lowest BCUT2D eigenvalue weighted by molar-refractivity contribution is -0.139. The first-order chi connectivity index (χ1) is 15.3. The van der Waals surface area contributed by atoms with Crippen molar-refractivity contribution in [2.75, 3.05) is 17.1 Å². The molecular formula is C24H32ClN3O4S. The molecule has 0 unspecified atom stereocenters.